The number of nitrogens with one attached hydrogen (secondary N) is 1. The summed E-state index contributed by atoms with van der Waals surface area (Å²) in [4.78, 5) is 0. The average molecular weight is 165 g/mol. The molecule has 0 aromatic carbocycles. The number of hydrogen-bond donors (Lipinski definition) is 1. The van der Waals surface area contributed by atoms with E-state index in [-0.39, 0.29) is 5.41 Å². The largest absolute Gasteiger partial charge is 0.199 e. The Morgan fingerprint density at radius 3 is 2.00 bits per heavy atom. The number of aromatic nitrogens is 1. The third kappa shape index (κ3) is 1.97. The monoisotopic (exact) mass is 165 g/mol. The normalized spacial score (nSPS) is 11.3. The summed E-state index contributed by atoms with van der Waals surface area (Å²) in [5.41, 5.74) is 4.62. The first-order valence-corrected chi connectivity index (χ1v) is 4.23. The third-order valence-electron chi connectivity index (χ3n) is 1.95. The molecule has 12 heavy (non-hydrogen) atoms. The second-order valence-electron chi connectivity index (χ2n) is 3.97. The van der Waals surface area contributed by atoms with E-state index >= 15 is 0 Å². The van der Waals surface area contributed by atoms with Gasteiger partial charge in [0.25, 0.3) is 0 Å². The molecule has 0 amide bonds. The van der Waals surface area contributed by atoms with Crippen molar-refractivity contribution >= 4 is 0 Å². The van der Waals surface area contributed by atoms with Crippen molar-refractivity contribution in [2.45, 2.75) is 26.2 Å². The van der Waals surface area contributed by atoms with Gasteiger partial charge in [0.1, 0.15) is 0 Å². The Kier molecular flexibility index (Phi) is 2.36. The third-order valence-corrected chi connectivity index (χ3v) is 1.95. The van der Waals surface area contributed by atoms with Gasteiger partial charge in [-0.15, -0.1) is 0 Å². The van der Waals surface area contributed by atoms with Crippen molar-refractivity contribution < 1.29 is 4.68 Å². The molecule has 0 unspecified atom stereocenters. The smallest absolute Gasteiger partial charge is 0.196 e. The quantitative estimate of drug-likeness (QED) is 0.623. The van der Waals surface area contributed by atoms with Crippen molar-refractivity contribution in [2.75, 3.05) is 12.5 Å². The Hall–Kier alpha value is -1.05. The van der Waals surface area contributed by atoms with E-state index in [2.05, 4.69) is 38.3 Å². The molecule has 1 rings (SSSR count). The van der Waals surface area contributed by atoms with E-state index in [0.717, 1.165) is 0 Å². The molecule has 0 spiro atoms. The van der Waals surface area contributed by atoms with Crippen LogP contribution in [0.5, 0.6) is 0 Å². The molecule has 1 N–H and O–H groups in total. The van der Waals surface area contributed by atoms with Crippen molar-refractivity contribution in [2.24, 2.45) is 0 Å². The van der Waals surface area contributed by atoms with Gasteiger partial charge < -0.3 is 0 Å². The van der Waals surface area contributed by atoms with E-state index < -0.39 is 0 Å². The zero-order valence-corrected chi connectivity index (χ0v) is 8.26. The molecule has 2 heteroatoms. The number of hydrogen-bond acceptors (Lipinski definition) is 1. The van der Waals surface area contributed by atoms with Crippen molar-refractivity contribution in [3.8, 4) is 0 Å². The lowest BCUT2D eigenvalue weighted by atomic mass is 9.88. The van der Waals surface area contributed by atoms with Gasteiger partial charge in [-0.1, -0.05) is 25.4 Å². The van der Waals surface area contributed by atoms with Gasteiger partial charge in [0.15, 0.2) is 12.4 Å². The van der Waals surface area contributed by atoms with Gasteiger partial charge in [-0.25, -0.2) is 0 Å². The predicted octanol–water partition coefficient (Wildman–Crippen LogP) is 1.44. The summed E-state index contributed by atoms with van der Waals surface area (Å²) in [6, 6.07) is 4.27. The van der Waals surface area contributed by atoms with Crippen LogP contribution in [-0.2, 0) is 5.41 Å². The van der Waals surface area contributed by atoms with Gasteiger partial charge in [-0.3, -0.25) is 0 Å². The molecule has 1 aromatic rings. The molecule has 0 saturated heterocycles. The van der Waals surface area contributed by atoms with Crippen LogP contribution in [0.25, 0.3) is 0 Å². The molecule has 0 bridgehead atoms. The fraction of sp³-hybridized carbons (Fsp3) is 0.500. The molecule has 2 nitrogen and oxygen atoms in total. The van der Waals surface area contributed by atoms with E-state index in [0.29, 0.717) is 0 Å². The molecule has 0 fully saturated rings. The average Bonchev–Trinajstić information content (AvgIpc) is 2.03. The van der Waals surface area contributed by atoms with Gasteiger partial charge in [-0.05, 0) is 11.0 Å². The van der Waals surface area contributed by atoms with Crippen LogP contribution in [0.1, 0.15) is 26.3 Å². The minimum atomic E-state index is 0.243. The maximum atomic E-state index is 3.02. The minimum Gasteiger partial charge on any atom is -0.196 e. The van der Waals surface area contributed by atoms with Crippen LogP contribution in [-0.4, -0.2) is 7.05 Å². The summed E-state index contributed by atoms with van der Waals surface area (Å²) in [6.45, 7) is 6.64. The maximum Gasteiger partial charge on any atom is 0.199 e. The maximum absolute atomic E-state index is 3.02. The molecule has 0 aliphatic carbocycles. The molecule has 0 atom stereocenters. The summed E-state index contributed by atoms with van der Waals surface area (Å²) in [5.74, 6) is 0. The second-order valence-corrected chi connectivity index (χ2v) is 3.97. The Balaban J connectivity index is 2.93. The van der Waals surface area contributed by atoms with E-state index in [1.165, 1.54) is 5.56 Å². The summed E-state index contributed by atoms with van der Waals surface area (Å²) in [6.07, 6.45) is 4.06. The van der Waals surface area contributed by atoms with E-state index in [9.17, 15) is 0 Å². The molecule has 0 aliphatic rings. The Bertz CT molecular complexity index is 244. The molecule has 66 valence electrons. The Morgan fingerprint density at radius 2 is 1.67 bits per heavy atom. The van der Waals surface area contributed by atoms with Gasteiger partial charge in [0.05, 0.1) is 7.05 Å². The van der Waals surface area contributed by atoms with Crippen molar-refractivity contribution in [3.63, 3.8) is 0 Å². The minimum absolute atomic E-state index is 0.243. The fourth-order valence-electron chi connectivity index (χ4n) is 1.08. The fourth-order valence-corrected chi connectivity index (χ4v) is 1.08. The predicted molar refractivity (Wildman–Crippen MR) is 50.6 cm³/mol. The lowest BCUT2D eigenvalue weighted by Crippen LogP contribution is -2.42. The van der Waals surface area contributed by atoms with E-state index in [1.54, 1.807) is 0 Å². The van der Waals surface area contributed by atoms with Crippen LogP contribution in [0, 0.1) is 0 Å². The second kappa shape index (κ2) is 3.13. The highest BCUT2D eigenvalue weighted by atomic mass is 15.4. The zero-order valence-electron chi connectivity index (χ0n) is 8.26. The molecule has 1 aromatic heterocycles. The lowest BCUT2D eigenvalue weighted by Gasteiger charge is -2.17. The number of nitrogens with zero attached hydrogens (tertiary/aromatic N) is 1. The standard InChI is InChI=1S/C10H17N2/c1-10(2,3)9-5-7-12(11-4)8-6-9/h5-8,11H,1-4H3/q+1. The first-order valence-electron chi connectivity index (χ1n) is 4.23. The highest BCUT2D eigenvalue weighted by Gasteiger charge is 2.14. The topological polar surface area (TPSA) is 15.9 Å². The van der Waals surface area contributed by atoms with Crippen LogP contribution in [0.4, 0.5) is 0 Å². The molecule has 0 aliphatic heterocycles. The molecular weight excluding hydrogens is 148 g/mol. The summed E-state index contributed by atoms with van der Waals surface area (Å²) in [5, 5.41) is 0. The van der Waals surface area contributed by atoms with E-state index in [1.807, 2.05) is 24.1 Å². The number of pyridine rings is 1. The van der Waals surface area contributed by atoms with Gasteiger partial charge in [0.2, 0.25) is 0 Å². The molecule has 0 radical (unpaired) electrons. The van der Waals surface area contributed by atoms with Crippen LogP contribution < -0.4 is 10.1 Å². The van der Waals surface area contributed by atoms with Gasteiger partial charge in [-0.2, -0.15) is 5.43 Å². The van der Waals surface area contributed by atoms with Crippen molar-refractivity contribution in [1.82, 2.24) is 0 Å². The highest BCUT2D eigenvalue weighted by molar-refractivity contribution is 5.17. The first-order chi connectivity index (χ1) is 5.54. The summed E-state index contributed by atoms with van der Waals surface area (Å²) < 4.78 is 1.93. The zero-order chi connectivity index (χ0) is 9.19. The summed E-state index contributed by atoms with van der Waals surface area (Å²) >= 11 is 0. The first kappa shape index (κ1) is 9.04. The molecule has 0 saturated carbocycles. The lowest BCUT2D eigenvalue weighted by molar-refractivity contribution is -0.647. The SMILES string of the molecule is CN[n+]1ccc(C(C)(C)C)cc1. The van der Waals surface area contributed by atoms with Gasteiger partial charge in [0, 0.05) is 12.1 Å². The molecular formula is C10H17N2+. The van der Waals surface area contributed by atoms with E-state index in [4.69, 9.17) is 0 Å². The summed E-state index contributed by atoms with van der Waals surface area (Å²) in [7, 11) is 1.90. The van der Waals surface area contributed by atoms with Crippen molar-refractivity contribution in [3.05, 3.63) is 30.1 Å². The van der Waals surface area contributed by atoms with Crippen molar-refractivity contribution in [1.29, 1.82) is 0 Å². The Morgan fingerprint density at radius 1 is 1.17 bits per heavy atom. The molecule has 1 heterocycles. The Labute approximate surface area is 74.2 Å². The highest BCUT2D eigenvalue weighted by Crippen LogP contribution is 2.19. The van der Waals surface area contributed by atoms with Gasteiger partial charge >= 0.3 is 0 Å². The van der Waals surface area contributed by atoms with Crippen LogP contribution in [0.2, 0.25) is 0 Å². The van der Waals surface area contributed by atoms with Crippen LogP contribution in [0.15, 0.2) is 24.5 Å². The number of rotatable bonds is 1. The van der Waals surface area contributed by atoms with Crippen LogP contribution in [0.3, 0.4) is 0 Å². The van der Waals surface area contributed by atoms with Crippen LogP contribution >= 0.6 is 0 Å².